The van der Waals surface area contributed by atoms with Crippen LogP contribution >= 0.6 is 11.3 Å². The molecule has 1 saturated carbocycles. The predicted octanol–water partition coefficient (Wildman–Crippen LogP) is 4.54. The molecule has 1 aromatic rings. The first-order chi connectivity index (χ1) is 10.2. The third kappa shape index (κ3) is 4.68. The number of nitrogens with zero attached hydrogens (tertiary/aromatic N) is 2. The molecule has 0 bridgehead atoms. The fourth-order valence-corrected chi connectivity index (χ4v) is 3.86. The Morgan fingerprint density at radius 2 is 2.05 bits per heavy atom. The summed E-state index contributed by atoms with van der Waals surface area (Å²) in [5.41, 5.74) is 1.31. The highest BCUT2D eigenvalue weighted by molar-refractivity contribution is 7.15. The Morgan fingerprint density at radius 1 is 1.29 bits per heavy atom. The van der Waals surface area contributed by atoms with Gasteiger partial charge >= 0.3 is 0 Å². The fraction of sp³-hybridized carbons (Fsp3) is 0.824. The number of hydrogen-bond donors (Lipinski definition) is 1. The Labute approximate surface area is 134 Å². The Hall–Kier alpha value is -0.610. The number of thiazole rings is 1. The third-order valence-electron chi connectivity index (χ3n) is 3.96. The zero-order chi connectivity index (χ0) is 15.2. The van der Waals surface area contributed by atoms with Gasteiger partial charge < -0.3 is 10.2 Å². The molecule has 4 heteroatoms. The summed E-state index contributed by atoms with van der Waals surface area (Å²) in [6.07, 6.45) is 6.42. The molecule has 21 heavy (non-hydrogen) atoms. The maximum absolute atomic E-state index is 5.01. The van der Waals surface area contributed by atoms with Gasteiger partial charge in [0.2, 0.25) is 0 Å². The van der Waals surface area contributed by atoms with Crippen LogP contribution in [0.2, 0.25) is 0 Å². The Kier molecular flexibility index (Phi) is 6.49. The summed E-state index contributed by atoms with van der Waals surface area (Å²) in [4.78, 5) is 9.02. The first-order valence-electron chi connectivity index (χ1n) is 8.64. The van der Waals surface area contributed by atoms with Crippen LogP contribution in [-0.2, 0) is 6.54 Å². The normalized spacial score (nSPS) is 14.9. The largest absolute Gasteiger partial charge is 0.345 e. The van der Waals surface area contributed by atoms with Crippen molar-refractivity contribution in [1.29, 1.82) is 0 Å². The van der Waals surface area contributed by atoms with Gasteiger partial charge in [-0.1, -0.05) is 34.1 Å². The van der Waals surface area contributed by atoms with Gasteiger partial charge in [-0.3, -0.25) is 0 Å². The van der Waals surface area contributed by atoms with Crippen LogP contribution in [0, 0.1) is 0 Å². The summed E-state index contributed by atoms with van der Waals surface area (Å²) in [6.45, 7) is 12.2. The number of anilines is 1. The summed E-state index contributed by atoms with van der Waals surface area (Å²) >= 11 is 1.92. The van der Waals surface area contributed by atoms with Crippen molar-refractivity contribution in [1.82, 2.24) is 10.3 Å². The van der Waals surface area contributed by atoms with Crippen molar-refractivity contribution < 1.29 is 0 Å². The lowest BCUT2D eigenvalue weighted by Crippen LogP contribution is -2.26. The SMILES string of the molecule is CCCCN(c1nc(C(C)C)c(CNCCC)s1)C1CC1. The zero-order valence-corrected chi connectivity index (χ0v) is 14.9. The van der Waals surface area contributed by atoms with Gasteiger partial charge in [-0.15, -0.1) is 11.3 Å². The number of hydrogen-bond acceptors (Lipinski definition) is 4. The van der Waals surface area contributed by atoms with Crippen LogP contribution in [0.3, 0.4) is 0 Å². The van der Waals surface area contributed by atoms with Gasteiger partial charge in [0.15, 0.2) is 5.13 Å². The summed E-state index contributed by atoms with van der Waals surface area (Å²) in [7, 11) is 0. The van der Waals surface area contributed by atoms with E-state index in [0.717, 1.165) is 19.1 Å². The molecule has 120 valence electrons. The first-order valence-corrected chi connectivity index (χ1v) is 9.45. The molecule has 1 heterocycles. The van der Waals surface area contributed by atoms with E-state index >= 15 is 0 Å². The van der Waals surface area contributed by atoms with Crippen molar-refractivity contribution in [2.75, 3.05) is 18.0 Å². The van der Waals surface area contributed by atoms with Crippen LogP contribution in [0.4, 0.5) is 5.13 Å². The molecule has 1 N–H and O–H groups in total. The van der Waals surface area contributed by atoms with E-state index in [4.69, 9.17) is 4.98 Å². The van der Waals surface area contributed by atoms with Crippen molar-refractivity contribution in [3.63, 3.8) is 0 Å². The molecule has 2 rings (SSSR count). The summed E-state index contributed by atoms with van der Waals surface area (Å²) in [5, 5.41) is 4.81. The molecular weight excluding hydrogens is 278 g/mol. The molecule has 1 fully saturated rings. The quantitative estimate of drug-likeness (QED) is 0.643. The van der Waals surface area contributed by atoms with Gasteiger partial charge in [0.05, 0.1) is 5.69 Å². The average molecular weight is 310 g/mol. The van der Waals surface area contributed by atoms with Crippen molar-refractivity contribution in [2.45, 2.75) is 78.3 Å². The number of aromatic nitrogens is 1. The second-order valence-electron chi connectivity index (χ2n) is 6.41. The van der Waals surface area contributed by atoms with E-state index < -0.39 is 0 Å². The number of rotatable bonds is 10. The fourth-order valence-electron chi connectivity index (χ4n) is 2.58. The molecule has 0 radical (unpaired) electrons. The molecule has 0 amide bonds. The average Bonchev–Trinajstić information content (AvgIpc) is 3.20. The highest BCUT2D eigenvalue weighted by atomic mass is 32.1. The Bertz CT molecular complexity index is 424. The number of unbranched alkanes of at least 4 members (excludes halogenated alkanes) is 1. The van der Waals surface area contributed by atoms with Crippen LogP contribution in [0.1, 0.15) is 76.3 Å². The molecule has 0 spiro atoms. The molecule has 0 aromatic carbocycles. The standard InChI is InChI=1S/C17H31N3S/c1-5-7-11-20(14-8-9-14)17-19-16(13(3)4)15(21-17)12-18-10-6-2/h13-14,18H,5-12H2,1-4H3. The second kappa shape index (κ2) is 8.14. The monoisotopic (exact) mass is 309 g/mol. The molecule has 0 aliphatic heterocycles. The minimum absolute atomic E-state index is 0.514. The van der Waals surface area contributed by atoms with Crippen LogP contribution in [0.25, 0.3) is 0 Å². The van der Waals surface area contributed by atoms with E-state index in [1.54, 1.807) is 0 Å². The minimum Gasteiger partial charge on any atom is -0.345 e. The van der Waals surface area contributed by atoms with Crippen LogP contribution in [-0.4, -0.2) is 24.1 Å². The van der Waals surface area contributed by atoms with E-state index in [-0.39, 0.29) is 0 Å². The van der Waals surface area contributed by atoms with Crippen LogP contribution < -0.4 is 10.2 Å². The maximum Gasteiger partial charge on any atom is 0.186 e. The van der Waals surface area contributed by atoms with Crippen molar-refractivity contribution in [3.05, 3.63) is 10.6 Å². The highest BCUT2D eigenvalue weighted by Crippen LogP contribution is 2.37. The predicted molar refractivity (Wildman–Crippen MR) is 93.5 cm³/mol. The maximum atomic E-state index is 5.01. The number of nitrogens with one attached hydrogen (secondary N) is 1. The summed E-state index contributed by atoms with van der Waals surface area (Å²) < 4.78 is 0. The first kappa shape index (κ1) is 16.8. The summed E-state index contributed by atoms with van der Waals surface area (Å²) in [5.74, 6) is 0.514. The van der Waals surface area contributed by atoms with Crippen LogP contribution in [0.15, 0.2) is 0 Å². The van der Waals surface area contributed by atoms with Crippen LogP contribution in [0.5, 0.6) is 0 Å². The molecule has 3 nitrogen and oxygen atoms in total. The molecule has 1 aromatic heterocycles. The van der Waals surface area contributed by atoms with E-state index in [1.165, 1.54) is 54.4 Å². The van der Waals surface area contributed by atoms with Crippen molar-refractivity contribution in [3.8, 4) is 0 Å². The molecule has 0 atom stereocenters. The van der Waals surface area contributed by atoms with Gasteiger partial charge in [-0.2, -0.15) is 0 Å². The zero-order valence-electron chi connectivity index (χ0n) is 14.1. The third-order valence-corrected chi connectivity index (χ3v) is 5.07. The lowest BCUT2D eigenvalue weighted by Gasteiger charge is -2.21. The smallest absolute Gasteiger partial charge is 0.186 e. The van der Waals surface area contributed by atoms with E-state index in [1.807, 2.05) is 11.3 Å². The van der Waals surface area contributed by atoms with Gasteiger partial charge in [-0.05, 0) is 38.1 Å². The van der Waals surface area contributed by atoms with E-state index in [0.29, 0.717) is 5.92 Å². The van der Waals surface area contributed by atoms with Gasteiger partial charge in [0.1, 0.15) is 0 Å². The highest BCUT2D eigenvalue weighted by Gasteiger charge is 2.31. The van der Waals surface area contributed by atoms with Crippen molar-refractivity contribution >= 4 is 16.5 Å². The lowest BCUT2D eigenvalue weighted by atomic mass is 10.1. The van der Waals surface area contributed by atoms with Crippen molar-refractivity contribution in [2.24, 2.45) is 0 Å². The Morgan fingerprint density at radius 3 is 2.62 bits per heavy atom. The lowest BCUT2D eigenvalue weighted by molar-refractivity contribution is 0.669. The van der Waals surface area contributed by atoms with Gasteiger partial charge in [0, 0.05) is 24.0 Å². The topological polar surface area (TPSA) is 28.2 Å². The Balaban J connectivity index is 2.12. The van der Waals surface area contributed by atoms with Gasteiger partial charge in [0.25, 0.3) is 0 Å². The minimum atomic E-state index is 0.514. The van der Waals surface area contributed by atoms with E-state index in [2.05, 4.69) is 37.9 Å². The molecular formula is C17H31N3S. The second-order valence-corrected chi connectivity index (χ2v) is 7.48. The van der Waals surface area contributed by atoms with E-state index in [9.17, 15) is 0 Å². The molecule has 0 unspecified atom stereocenters. The molecule has 0 saturated heterocycles. The summed E-state index contributed by atoms with van der Waals surface area (Å²) in [6, 6.07) is 0.763. The molecule has 1 aliphatic carbocycles. The molecule has 1 aliphatic rings. The van der Waals surface area contributed by atoms with Gasteiger partial charge in [-0.25, -0.2) is 4.98 Å².